The van der Waals surface area contributed by atoms with Crippen molar-refractivity contribution in [3.63, 3.8) is 0 Å². The Bertz CT molecular complexity index is 826. The minimum absolute atomic E-state index is 0.214. The summed E-state index contributed by atoms with van der Waals surface area (Å²) in [6.45, 7) is 3.26. The maximum atomic E-state index is 14.3. The molecule has 0 radical (unpaired) electrons. The van der Waals surface area contributed by atoms with Crippen LogP contribution in [0.15, 0.2) is 42.5 Å². The molecule has 1 heterocycles. The van der Waals surface area contributed by atoms with Crippen LogP contribution in [0.5, 0.6) is 5.75 Å². The van der Waals surface area contributed by atoms with Gasteiger partial charge in [0, 0.05) is 16.5 Å². The van der Waals surface area contributed by atoms with Gasteiger partial charge in [0.1, 0.15) is 11.6 Å². The maximum absolute atomic E-state index is 14.3. The molecule has 0 fully saturated rings. The molecule has 2 aromatic carbocycles. The number of unbranched alkanes of at least 4 members (excludes halogenated alkanes) is 1. The first kappa shape index (κ1) is 16.5. The zero-order valence-electron chi connectivity index (χ0n) is 13.9. The Morgan fingerprint density at radius 1 is 1.12 bits per heavy atom. The summed E-state index contributed by atoms with van der Waals surface area (Å²) >= 11 is 0. The van der Waals surface area contributed by atoms with Gasteiger partial charge in [-0.15, -0.1) is 0 Å². The third kappa shape index (κ3) is 3.29. The Balaban J connectivity index is 2.12. The van der Waals surface area contributed by atoms with Crippen molar-refractivity contribution in [1.29, 1.82) is 0 Å². The number of halogens is 1. The van der Waals surface area contributed by atoms with Crippen LogP contribution in [-0.4, -0.2) is 18.1 Å². The lowest BCUT2D eigenvalue weighted by Gasteiger charge is -2.07. The average molecular weight is 326 g/mol. The number of aromatic nitrogens is 1. The number of aryl methyl sites for hydroxylation is 1. The second kappa shape index (κ2) is 7.49. The Morgan fingerprint density at radius 2 is 1.96 bits per heavy atom. The van der Waals surface area contributed by atoms with Crippen LogP contribution < -0.4 is 10.5 Å². The van der Waals surface area contributed by atoms with Gasteiger partial charge in [0.05, 0.1) is 12.3 Å². The molecule has 0 aliphatic carbocycles. The number of benzene rings is 2. The van der Waals surface area contributed by atoms with E-state index in [0.29, 0.717) is 18.7 Å². The van der Waals surface area contributed by atoms with E-state index < -0.39 is 0 Å². The van der Waals surface area contributed by atoms with Gasteiger partial charge in [-0.25, -0.2) is 4.39 Å². The minimum atomic E-state index is -0.214. The minimum Gasteiger partial charge on any atom is -0.494 e. The smallest absolute Gasteiger partial charge is 0.132 e. The molecule has 0 saturated heterocycles. The number of hydrogen-bond donors (Lipinski definition) is 2. The Morgan fingerprint density at radius 3 is 2.71 bits per heavy atom. The second-order valence-electron chi connectivity index (χ2n) is 5.84. The molecular formula is C20H23FN2O. The fourth-order valence-electron chi connectivity index (χ4n) is 3.08. The van der Waals surface area contributed by atoms with Crippen LogP contribution in [0.3, 0.4) is 0 Å². The Hall–Kier alpha value is -2.33. The summed E-state index contributed by atoms with van der Waals surface area (Å²) in [5, 5.41) is 1.09. The van der Waals surface area contributed by atoms with Crippen molar-refractivity contribution in [2.75, 3.05) is 13.2 Å². The molecule has 0 saturated carbocycles. The average Bonchev–Trinajstić information content (AvgIpc) is 2.94. The predicted molar refractivity (Wildman–Crippen MR) is 96.9 cm³/mol. The lowest BCUT2D eigenvalue weighted by Crippen LogP contribution is -1.99. The normalized spacial score (nSPS) is 11.1. The number of H-pyrrole nitrogens is 1. The summed E-state index contributed by atoms with van der Waals surface area (Å²) in [6.07, 6.45) is 2.79. The first-order chi connectivity index (χ1) is 11.7. The van der Waals surface area contributed by atoms with Gasteiger partial charge >= 0.3 is 0 Å². The third-order valence-electron chi connectivity index (χ3n) is 4.21. The fraction of sp³-hybridized carbons (Fsp3) is 0.300. The number of aromatic amines is 1. The molecule has 0 aliphatic rings. The van der Waals surface area contributed by atoms with E-state index in [4.69, 9.17) is 10.5 Å². The summed E-state index contributed by atoms with van der Waals surface area (Å²) in [5.41, 5.74) is 9.22. The molecule has 0 unspecified atom stereocenters. The van der Waals surface area contributed by atoms with Gasteiger partial charge in [-0.1, -0.05) is 12.1 Å². The summed E-state index contributed by atoms with van der Waals surface area (Å²) in [7, 11) is 0. The molecule has 126 valence electrons. The zero-order chi connectivity index (χ0) is 16.9. The number of ether oxygens (including phenoxy) is 1. The zero-order valence-corrected chi connectivity index (χ0v) is 13.9. The highest BCUT2D eigenvalue weighted by Gasteiger charge is 2.16. The van der Waals surface area contributed by atoms with E-state index in [2.05, 4.69) is 4.98 Å². The molecule has 0 amide bonds. The van der Waals surface area contributed by atoms with Gasteiger partial charge in [-0.3, -0.25) is 0 Å². The van der Waals surface area contributed by atoms with Gasteiger partial charge < -0.3 is 15.5 Å². The van der Waals surface area contributed by atoms with E-state index in [-0.39, 0.29) is 5.82 Å². The molecule has 4 heteroatoms. The summed E-state index contributed by atoms with van der Waals surface area (Å²) in [6, 6.07) is 12.9. The van der Waals surface area contributed by atoms with Crippen molar-refractivity contribution in [2.24, 2.45) is 5.73 Å². The highest BCUT2D eigenvalue weighted by atomic mass is 19.1. The molecule has 3 N–H and O–H groups in total. The van der Waals surface area contributed by atoms with Crippen LogP contribution in [0, 0.1) is 5.82 Å². The summed E-state index contributed by atoms with van der Waals surface area (Å²) in [4.78, 5) is 3.39. The number of hydrogen-bond acceptors (Lipinski definition) is 2. The molecule has 0 atom stereocenters. The summed E-state index contributed by atoms with van der Waals surface area (Å²) in [5.74, 6) is 0.623. The maximum Gasteiger partial charge on any atom is 0.132 e. The van der Waals surface area contributed by atoms with E-state index in [1.165, 1.54) is 6.07 Å². The van der Waals surface area contributed by atoms with Crippen molar-refractivity contribution in [1.82, 2.24) is 4.98 Å². The molecule has 3 aromatic rings. The highest BCUT2D eigenvalue weighted by Crippen LogP contribution is 2.34. The van der Waals surface area contributed by atoms with Gasteiger partial charge in [0.15, 0.2) is 0 Å². The largest absolute Gasteiger partial charge is 0.494 e. The van der Waals surface area contributed by atoms with Crippen LogP contribution in [0.4, 0.5) is 4.39 Å². The van der Waals surface area contributed by atoms with Crippen molar-refractivity contribution in [2.45, 2.75) is 26.2 Å². The number of fused-ring (bicyclic) bond motifs is 1. The van der Waals surface area contributed by atoms with Gasteiger partial charge in [0.25, 0.3) is 0 Å². The quantitative estimate of drug-likeness (QED) is 0.621. The molecular weight excluding hydrogens is 303 g/mol. The van der Waals surface area contributed by atoms with Crippen molar-refractivity contribution < 1.29 is 9.13 Å². The van der Waals surface area contributed by atoms with E-state index in [1.807, 2.05) is 37.3 Å². The second-order valence-corrected chi connectivity index (χ2v) is 5.84. The van der Waals surface area contributed by atoms with Crippen molar-refractivity contribution in [3.05, 3.63) is 53.8 Å². The standard InChI is InChI=1S/C20H23FN2O/c1-2-24-14-10-11-19-17(13-14)15(7-5-6-12-22)20(23-19)16-8-3-4-9-18(16)21/h3-4,8-11,13,23H,2,5-7,12,22H2,1H3. The lowest BCUT2D eigenvalue weighted by molar-refractivity contribution is 0.340. The number of rotatable bonds is 7. The highest BCUT2D eigenvalue weighted by molar-refractivity contribution is 5.91. The van der Waals surface area contributed by atoms with Gasteiger partial charge in [0.2, 0.25) is 0 Å². The third-order valence-corrected chi connectivity index (χ3v) is 4.21. The van der Waals surface area contributed by atoms with Crippen LogP contribution in [0.25, 0.3) is 22.2 Å². The Labute approximate surface area is 141 Å². The van der Waals surface area contributed by atoms with Crippen LogP contribution in [0.2, 0.25) is 0 Å². The predicted octanol–water partition coefficient (Wildman–Crippen LogP) is 4.65. The van der Waals surface area contributed by atoms with Gasteiger partial charge in [-0.2, -0.15) is 0 Å². The fourth-order valence-corrected chi connectivity index (χ4v) is 3.08. The molecule has 0 aliphatic heterocycles. The van der Waals surface area contributed by atoms with Crippen LogP contribution >= 0.6 is 0 Å². The Kier molecular flexibility index (Phi) is 5.16. The van der Waals surface area contributed by atoms with Gasteiger partial charge in [-0.05, 0) is 68.6 Å². The first-order valence-electron chi connectivity index (χ1n) is 8.47. The SMILES string of the molecule is CCOc1ccc2[nH]c(-c3ccccc3F)c(CCCCN)c2c1. The number of nitrogens with two attached hydrogens (primary N) is 1. The van der Waals surface area contributed by atoms with E-state index in [0.717, 1.165) is 47.2 Å². The van der Waals surface area contributed by atoms with Crippen molar-refractivity contribution >= 4 is 10.9 Å². The molecule has 0 bridgehead atoms. The van der Waals surface area contributed by atoms with Crippen molar-refractivity contribution in [3.8, 4) is 17.0 Å². The van der Waals surface area contributed by atoms with Crippen LogP contribution in [-0.2, 0) is 6.42 Å². The molecule has 0 spiro atoms. The van der Waals surface area contributed by atoms with E-state index in [1.54, 1.807) is 6.07 Å². The molecule has 3 nitrogen and oxygen atoms in total. The first-order valence-corrected chi connectivity index (χ1v) is 8.47. The van der Waals surface area contributed by atoms with Crippen LogP contribution in [0.1, 0.15) is 25.3 Å². The topological polar surface area (TPSA) is 51.0 Å². The molecule has 24 heavy (non-hydrogen) atoms. The van der Waals surface area contributed by atoms with E-state index >= 15 is 0 Å². The van der Waals surface area contributed by atoms with E-state index in [9.17, 15) is 4.39 Å². The lowest BCUT2D eigenvalue weighted by atomic mass is 10.00. The molecule has 1 aromatic heterocycles. The number of nitrogens with one attached hydrogen (secondary N) is 1. The summed E-state index contributed by atoms with van der Waals surface area (Å²) < 4.78 is 19.9. The molecule has 3 rings (SSSR count). The monoisotopic (exact) mass is 326 g/mol.